The molecule has 0 aliphatic carbocycles. The zero-order chi connectivity index (χ0) is 19.8. The van der Waals surface area contributed by atoms with Crippen molar-refractivity contribution in [1.29, 1.82) is 0 Å². The minimum atomic E-state index is -0.0468. The summed E-state index contributed by atoms with van der Waals surface area (Å²) in [5, 5.41) is 2.82. The maximum atomic E-state index is 11.0. The average molecular weight is 402 g/mol. The zero-order valence-corrected chi connectivity index (χ0v) is 19.1. The molecule has 0 aromatic rings. The van der Waals surface area contributed by atoms with Crippen molar-refractivity contribution in [2.45, 2.75) is 135 Å². The Kier molecular flexibility index (Phi) is 23.6. The Hall–Kier alpha value is -0.240. The van der Waals surface area contributed by atoms with Crippen LogP contribution in [0.25, 0.3) is 0 Å². The fourth-order valence-corrected chi connectivity index (χ4v) is 3.75. The third-order valence-electron chi connectivity index (χ3n) is 5.47. The lowest BCUT2D eigenvalue weighted by Gasteiger charge is -2.04. The van der Waals surface area contributed by atoms with Crippen LogP contribution >= 0.6 is 11.6 Å². The van der Waals surface area contributed by atoms with Crippen molar-refractivity contribution in [2.24, 2.45) is 0 Å². The SMILES string of the molecule is CCCCCCCCCCCCCCCCCCCCCCNC(=O)CCl. The molecule has 27 heavy (non-hydrogen) atoms. The van der Waals surface area contributed by atoms with Gasteiger partial charge in [-0.15, -0.1) is 11.6 Å². The molecule has 0 radical (unpaired) electrons. The van der Waals surface area contributed by atoms with Gasteiger partial charge in [-0.1, -0.05) is 129 Å². The van der Waals surface area contributed by atoms with Crippen LogP contribution in [-0.2, 0) is 4.79 Å². The van der Waals surface area contributed by atoms with Gasteiger partial charge >= 0.3 is 0 Å². The van der Waals surface area contributed by atoms with E-state index in [1.807, 2.05) is 0 Å². The van der Waals surface area contributed by atoms with Crippen molar-refractivity contribution in [3.8, 4) is 0 Å². The molecule has 3 heteroatoms. The number of carbonyl (C=O) groups excluding carboxylic acids is 1. The average Bonchev–Trinajstić information content (AvgIpc) is 2.68. The van der Waals surface area contributed by atoms with E-state index in [9.17, 15) is 4.79 Å². The van der Waals surface area contributed by atoms with Gasteiger partial charge < -0.3 is 5.32 Å². The van der Waals surface area contributed by atoms with Crippen molar-refractivity contribution < 1.29 is 4.79 Å². The highest BCUT2D eigenvalue weighted by Crippen LogP contribution is 2.14. The van der Waals surface area contributed by atoms with Crippen molar-refractivity contribution in [3.63, 3.8) is 0 Å². The van der Waals surface area contributed by atoms with E-state index >= 15 is 0 Å². The van der Waals surface area contributed by atoms with Gasteiger partial charge in [0.2, 0.25) is 5.91 Å². The van der Waals surface area contributed by atoms with Crippen LogP contribution in [0.2, 0.25) is 0 Å². The van der Waals surface area contributed by atoms with Crippen molar-refractivity contribution in [1.82, 2.24) is 5.32 Å². The van der Waals surface area contributed by atoms with Crippen LogP contribution < -0.4 is 5.32 Å². The van der Waals surface area contributed by atoms with Gasteiger partial charge in [0.1, 0.15) is 5.88 Å². The van der Waals surface area contributed by atoms with Crippen LogP contribution in [0.5, 0.6) is 0 Å². The Labute approximate surface area is 175 Å². The number of amides is 1. The van der Waals surface area contributed by atoms with Gasteiger partial charge in [-0.2, -0.15) is 0 Å². The fourth-order valence-electron chi connectivity index (χ4n) is 3.66. The third kappa shape index (κ3) is 23.7. The second kappa shape index (κ2) is 23.8. The van der Waals surface area contributed by atoms with Gasteiger partial charge in [0.15, 0.2) is 0 Å². The summed E-state index contributed by atoms with van der Waals surface area (Å²) in [7, 11) is 0. The maximum Gasteiger partial charge on any atom is 0.234 e. The van der Waals surface area contributed by atoms with Crippen molar-refractivity contribution in [2.75, 3.05) is 12.4 Å². The largest absolute Gasteiger partial charge is 0.355 e. The van der Waals surface area contributed by atoms with E-state index in [-0.39, 0.29) is 11.8 Å². The summed E-state index contributed by atoms with van der Waals surface area (Å²) < 4.78 is 0. The summed E-state index contributed by atoms with van der Waals surface area (Å²) in [6.07, 6.45) is 27.9. The molecule has 0 unspecified atom stereocenters. The molecule has 0 rings (SSSR count). The number of rotatable bonds is 22. The second-order valence-corrected chi connectivity index (χ2v) is 8.47. The summed E-state index contributed by atoms with van der Waals surface area (Å²) in [4.78, 5) is 11.0. The molecule has 0 saturated heterocycles. The van der Waals surface area contributed by atoms with Crippen LogP contribution in [0.15, 0.2) is 0 Å². The molecule has 0 aliphatic rings. The van der Waals surface area contributed by atoms with Crippen LogP contribution in [0, 0.1) is 0 Å². The van der Waals surface area contributed by atoms with Gasteiger partial charge in [0, 0.05) is 6.54 Å². The molecule has 0 aliphatic heterocycles. The van der Waals surface area contributed by atoms with E-state index in [0.29, 0.717) is 0 Å². The maximum absolute atomic E-state index is 11.0. The van der Waals surface area contributed by atoms with Gasteiger partial charge in [-0.05, 0) is 6.42 Å². The molecule has 1 N–H and O–H groups in total. The number of carbonyl (C=O) groups is 1. The van der Waals surface area contributed by atoms with E-state index in [1.54, 1.807) is 0 Å². The molecule has 0 spiro atoms. The third-order valence-corrected chi connectivity index (χ3v) is 5.72. The molecule has 0 fully saturated rings. The number of hydrogen-bond acceptors (Lipinski definition) is 1. The summed E-state index contributed by atoms with van der Waals surface area (Å²) in [6, 6.07) is 0. The first-order valence-corrected chi connectivity index (χ1v) is 12.7. The zero-order valence-electron chi connectivity index (χ0n) is 18.3. The number of halogens is 1. The lowest BCUT2D eigenvalue weighted by Crippen LogP contribution is -2.25. The highest BCUT2D eigenvalue weighted by molar-refractivity contribution is 6.27. The minimum absolute atomic E-state index is 0.0468. The van der Waals surface area contributed by atoms with Crippen LogP contribution in [0.3, 0.4) is 0 Å². The van der Waals surface area contributed by atoms with Gasteiger partial charge in [-0.3, -0.25) is 4.79 Å². The lowest BCUT2D eigenvalue weighted by atomic mass is 10.0. The minimum Gasteiger partial charge on any atom is -0.355 e. The van der Waals surface area contributed by atoms with Crippen molar-refractivity contribution in [3.05, 3.63) is 0 Å². The van der Waals surface area contributed by atoms with Gasteiger partial charge in [-0.25, -0.2) is 0 Å². The Morgan fingerprint density at radius 1 is 0.556 bits per heavy atom. The first-order valence-electron chi connectivity index (χ1n) is 12.1. The predicted octanol–water partition coefficient (Wildman–Crippen LogP) is 8.16. The van der Waals surface area contributed by atoms with E-state index in [0.717, 1.165) is 13.0 Å². The van der Waals surface area contributed by atoms with E-state index in [1.165, 1.54) is 122 Å². The van der Waals surface area contributed by atoms with Gasteiger partial charge in [0.05, 0.1) is 0 Å². The molecule has 2 nitrogen and oxygen atoms in total. The highest BCUT2D eigenvalue weighted by Gasteiger charge is 1.97. The molecule has 0 heterocycles. The first kappa shape index (κ1) is 26.8. The molecular formula is C24H48ClNO. The number of hydrogen-bond donors (Lipinski definition) is 1. The lowest BCUT2D eigenvalue weighted by molar-refractivity contribution is -0.118. The molecule has 0 aromatic heterocycles. The monoisotopic (exact) mass is 401 g/mol. The molecular weight excluding hydrogens is 354 g/mol. The Bertz CT molecular complexity index is 296. The highest BCUT2D eigenvalue weighted by atomic mass is 35.5. The standard InChI is InChI=1S/C24H48ClNO/c1-2-3-4-5-6-7-8-9-10-11-12-13-14-15-16-17-18-19-20-21-22-26-24(27)23-25/h2-23H2,1H3,(H,26,27). The molecule has 0 saturated carbocycles. The van der Waals surface area contributed by atoms with E-state index in [2.05, 4.69) is 12.2 Å². The van der Waals surface area contributed by atoms with Crippen LogP contribution in [-0.4, -0.2) is 18.3 Å². The predicted molar refractivity (Wildman–Crippen MR) is 122 cm³/mol. The smallest absolute Gasteiger partial charge is 0.234 e. The molecule has 0 aromatic carbocycles. The normalized spacial score (nSPS) is 11.0. The van der Waals surface area contributed by atoms with Crippen molar-refractivity contribution >= 4 is 17.5 Å². The number of nitrogens with one attached hydrogen (secondary N) is 1. The summed E-state index contributed by atoms with van der Waals surface area (Å²) in [5.74, 6) is 0.0357. The summed E-state index contributed by atoms with van der Waals surface area (Å²) >= 11 is 5.43. The first-order chi connectivity index (χ1) is 13.3. The van der Waals surface area contributed by atoms with Crippen LogP contribution in [0.4, 0.5) is 0 Å². The fraction of sp³-hybridized carbons (Fsp3) is 0.958. The number of alkyl halides is 1. The quantitative estimate of drug-likeness (QED) is 0.144. The van der Waals surface area contributed by atoms with Crippen LogP contribution in [0.1, 0.15) is 135 Å². The topological polar surface area (TPSA) is 29.1 Å². The number of unbranched alkanes of at least 4 members (excludes halogenated alkanes) is 19. The van der Waals surface area contributed by atoms with E-state index < -0.39 is 0 Å². The Balaban J connectivity index is 3.00. The molecule has 162 valence electrons. The molecule has 0 atom stereocenters. The second-order valence-electron chi connectivity index (χ2n) is 8.20. The summed E-state index contributed by atoms with van der Waals surface area (Å²) in [6.45, 7) is 3.07. The molecule has 1 amide bonds. The summed E-state index contributed by atoms with van der Waals surface area (Å²) in [5.41, 5.74) is 0. The van der Waals surface area contributed by atoms with Gasteiger partial charge in [0.25, 0.3) is 0 Å². The van der Waals surface area contributed by atoms with E-state index in [4.69, 9.17) is 11.6 Å². The Morgan fingerprint density at radius 3 is 1.15 bits per heavy atom. The molecule has 0 bridgehead atoms. The Morgan fingerprint density at radius 2 is 0.852 bits per heavy atom.